The number of sulfonamides is 1. The molecule has 0 unspecified atom stereocenters. The minimum absolute atomic E-state index is 0.120. The van der Waals surface area contributed by atoms with Crippen LogP contribution in [0.2, 0.25) is 0 Å². The van der Waals surface area contributed by atoms with Crippen molar-refractivity contribution in [3.63, 3.8) is 0 Å². The van der Waals surface area contributed by atoms with Crippen molar-refractivity contribution in [2.75, 3.05) is 31.1 Å². The van der Waals surface area contributed by atoms with Crippen molar-refractivity contribution in [3.8, 4) is 0 Å². The van der Waals surface area contributed by atoms with Gasteiger partial charge in [-0.2, -0.15) is 13.1 Å². The number of hydrogen-bond donors (Lipinski definition) is 0. The average Bonchev–Trinajstić information content (AvgIpc) is 3.44. The van der Waals surface area contributed by atoms with E-state index in [-0.39, 0.29) is 61.6 Å². The average molecular weight is 486 g/mol. The monoisotopic (exact) mass is 485 g/mol. The van der Waals surface area contributed by atoms with Crippen LogP contribution >= 0.6 is 11.7 Å². The van der Waals surface area contributed by atoms with Crippen LogP contribution in [0.15, 0.2) is 47.4 Å². The van der Waals surface area contributed by atoms with E-state index in [1.165, 1.54) is 10.4 Å². The van der Waals surface area contributed by atoms with E-state index < -0.39 is 10.0 Å². The Labute approximate surface area is 193 Å². The smallest absolute Gasteiger partial charge is 0.253 e. The number of rotatable bonds is 4. The summed E-state index contributed by atoms with van der Waals surface area (Å²) in [6, 6.07) is 11.2. The molecule has 10 nitrogen and oxygen atoms in total. The van der Waals surface area contributed by atoms with Crippen LogP contribution in [0.4, 0.5) is 5.69 Å². The largest absolute Gasteiger partial charge is 0.336 e. The van der Waals surface area contributed by atoms with E-state index in [1.54, 1.807) is 41.3 Å². The minimum Gasteiger partial charge on any atom is -0.336 e. The molecule has 170 valence electrons. The molecule has 0 spiro atoms. The van der Waals surface area contributed by atoms with Gasteiger partial charge in [-0.25, -0.2) is 8.42 Å². The van der Waals surface area contributed by atoms with Crippen molar-refractivity contribution in [2.45, 2.75) is 17.7 Å². The molecule has 2 aliphatic rings. The zero-order valence-electron chi connectivity index (χ0n) is 17.4. The predicted octanol–water partition coefficient (Wildman–Crippen LogP) is 1.49. The molecule has 0 N–H and O–H groups in total. The quantitative estimate of drug-likeness (QED) is 0.513. The Morgan fingerprint density at radius 2 is 1.55 bits per heavy atom. The van der Waals surface area contributed by atoms with E-state index in [9.17, 15) is 22.8 Å². The number of benzene rings is 2. The van der Waals surface area contributed by atoms with Crippen molar-refractivity contribution >= 4 is 56.2 Å². The summed E-state index contributed by atoms with van der Waals surface area (Å²) in [5.74, 6) is -0.732. The molecule has 12 heteroatoms. The Bertz CT molecular complexity index is 1350. The molecule has 1 aromatic heterocycles. The number of imide groups is 1. The molecule has 2 aliphatic heterocycles. The maximum atomic E-state index is 13.2. The zero-order valence-corrected chi connectivity index (χ0v) is 19.0. The van der Waals surface area contributed by atoms with E-state index in [1.807, 2.05) is 0 Å². The van der Waals surface area contributed by atoms with Crippen molar-refractivity contribution in [1.82, 2.24) is 18.0 Å². The highest BCUT2D eigenvalue weighted by atomic mass is 32.2. The highest BCUT2D eigenvalue weighted by Crippen LogP contribution is 2.26. The Morgan fingerprint density at radius 1 is 0.879 bits per heavy atom. The summed E-state index contributed by atoms with van der Waals surface area (Å²) in [6.07, 6.45) is 0.389. The first-order valence-corrected chi connectivity index (χ1v) is 12.5. The third kappa shape index (κ3) is 3.79. The van der Waals surface area contributed by atoms with Gasteiger partial charge in [0, 0.05) is 44.6 Å². The first kappa shape index (κ1) is 21.6. The van der Waals surface area contributed by atoms with E-state index in [0.717, 1.165) is 16.6 Å². The maximum absolute atomic E-state index is 13.2. The normalized spacial score (nSPS) is 17.8. The number of piperazine rings is 1. The fourth-order valence-corrected chi connectivity index (χ4v) is 6.24. The number of aromatic nitrogens is 2. The van der Waals surface area contributed by atoms with Crippen molar-refractivity contribution in [3.05, 3.63) is 48.0 Å². The molecule has 0 atom stereocenters. The molecular weight excluding hydrogens is 466 g/mol. The van der Waals surface area contributed by atoms with E-state index in [0.29, 0.717) is 22.3 Å². The van der Waals surface area contributed by atoms with Crippen LogP contribution in [0.3, 0.4) is 0 Å². The molecular formula is C21H19N5O5S2. The molecule has 2 aromatic carbocycles. The van der Waals surface area contributed by atoms with Crippen molar-refractivity contribution < 1.29 is 22.8 Å². The lowest BCUT2D eigenvalue weighted by atomic mass is 10.1. The van der Waals surface area contributed by atoms with Gasteiger partial charge in [-0.15, -0.1) is 0 Å². The third-order valence-electron chi connectivity index (χ3n) is 5.82. The second-order valence-corrected chi connectivity index (χ2v) is 10.2. The lowest BCUT2D eigenvalue weighted by Crippen LogP contribution is -2.50. The van der Waals surface area contributed by atoms with Crippen LogP contribution in [-0.2, 0) is 19.6 Å². The Kier molecular flexibility index (Phi) is 5.43. The fourth-order valence-electron chi connectivity index (χ4n) is 4.06. The first-order valence-electron chi connectivity index (χ1n) is 10.3. The van der Waals surface area contributed by atoms with Gasteiger partial charge >= 0.3 is 0 Å². The van der Waals surface area contributed by atoms with Gasteiger partial charge in [-0.1, -0.05) is 6.07 Å². The number of carbonyl (C=O) groups is 3. The van der Waals surface area contributed by atoms with Gasteiger partial charge in [-0.05, 0) is 36.4 Å². The standard InChI is InChI=1S/C21H19N5O5S2/c27-18-8-9-19(28)26(18)15-6-4-14(5-7-15)21(29)24-10-12-25(13-11-24)33(30,31)17-3-1-2-16-20(17)23-32-22-16/h1-7H,8-13H2. The van der Waals surface area contributed by atoms with Crippen molar-refractivity contribution in [1.29, 1.82) is 0 Å². The minimum atomic E-state index is -3.77. The SMILES string of the molecule is O=C(c1ccc(N2C(=O)CCC2=O)cc1)N1CCN(S(=O)(=O)c2cccc3nsnc23)CC1. The van der Waals surface area contributed by atoms with Gasteiger partial charge in [-0.3, -0.25) is 19.3 Å². The number of fused-ring (bicyclic) bond motifs is 1. The van der Waals surface area contributed by atoms with Crippen LogP contribution in [0.1, 0.15) is 23.2 Å². The topological polar surface area (TPSA) is 121 Å². The summed E-state index contributed by atoms with van der Waals surface area (Å²) in [6.45, 7) is 0.816. The lowest BCUT2D eigenvalue weighted by molar-refractivity contribution is -0.121. The Balaban J connectivity index is 1.27. The zero-order chi connectivity index (χ0) is 23.2. The summed E-state index contributed by atoms with van der Waals surface area (Å²) in [4.78, 5) is 39.6. The summed E-state index contributed by atoms with van der Waals surface area (Å²) >= 11 is 0.965. The van der Waals surface area contributed by atoms with Crippen LogP contribution < -0.4 is 4.90 Å². The highest BCUT2D eigenvalue weighted by Gasteiger charge is 2.33. The molecule has 0 aliphatic carbocycles. The lowest BCUT2D eigenvalue weighted by Gasteiger charge is -2.34. The van der Waals surface area contributed by atoms with Crippen LogP contribution in [0.25, 0.3) is 11.0 Å². The van der Waals surface area contributed by atoms with E-state index >= 15 is 0 Å². The van der Waals surface area contributed by atoms with Gasteiger partial charge in [0.05, 0.1) is 17.4 Å². The van der Waals surface area contributed by atoms with E-state index in [4.69, 9.17) is 0 Å². The van der Waals surface area contributed by atoms with Crippen LogP contribution in [0.5, 0.6) is 0 Å². The number of anilines is 1. The van der Waals surface area contributed by atoms with Gasteiger partial charge in [0.25, 0.3) is 5.91 Å². The molecule has 3 aromatic rings. The maximum Gasteiger partial charge on any atom is 0.253 e. The summed E-state index contributed by atoms with van der Waals surface area (Å²) < 4.78 is 35.9. The van der Waals surface area contributed by atoms with Gasteiger partial charge in [0.1, 0.15) is 15.9 Å². The first-order chi connectivity index (χ1) is 15.9. The van der Waals surface area contributed by atoms with Crippen LogP contribution in [0, 0.1) is 0 Å². The molecule has 0 bridgehead atoms. The summed E-state index contributed by atoms with van der Waals surface area (Å²) in [5.41, 5.74) is 1.75. The number of hydrogen-bond acceptors (Lipinski definition) is 8. The Hall–Kier alpha value is -3.22. The molecule has 33 heavy (non-hydrogen) atoms. The summed E-state index contributed by atoms with van der Waals surface area (Å²) in [5, 5.41) is 0. The summed E-state index contributed by atoms with van der Waals surface area (Å²) in [7, 11) is -3.77. The predicted molar refractivity (Wildman–Crippen MR) is 120 cm³/mol. The van der Waals surface area contributed by atoms with Crippen LogP contribution in [-0.4, -0.2) is 70.3 Å². The van der Waals surface area contributed by atoms with Gasteiger partial charge in [0.15, 0.2) is 0 Å². The molecule has 0 radical (unpaired) electrons. The number of amides is 3. The number of nitrogens with zero attached hydrogens (tertiary/aromatic N) is 5. The third-order valence-corrected chi connectivity index (χ3v) is 8.29. The van der Waals surface area contributed by atoms with E-state index in [2.05, 4.69) is 8.75 Å². The number of carbonyl (C=O) groups excluding carboxylic acids is 3. The highest BCUT2D eigenvalue weighted by molar-refractivity contribution is 7.89. The fraction of sp³-hybridized carbons (Fsp3) is 0.286. The van der Waals surface area contributed by atoms with Crippen molar-refractivity contribution in [2.24, 2.45) is 0 Å². The molecule has 2 saturated heterocycles. The molecule has 5 rings (SSSR count). The molecule has 3 heterocycles. The second kappa shape index (κ2) is 8.28. The molecule has 3 amide bonds. The molecule has 2 fully saturated rings. The Morgan fingerprint density at radius 3 is 2.21 bits per heavy atom. The van der Waals surface area contributed by atoms with Gasteiger partial charge in [0.2, 0.25) is 21.8 Å². The second-order valence-electron chi connectivity index (χ2n) is 7.75. The molecule has 0 saturated carbocycles. The van der Waals surface area contributed by atoms with Gasteiger partial charge < -0.3 is 4.90 Å².